The van der Waals surface area contributed by atoms with Gasteiger partial charge in [0.25, 0.3) is 0 Å². The normalized spacial score (nSPS) is 11.4. The van der Waals surface area contributed by atoms with E-state index in [-0.39, 0.29) is 6.61 Å². The molecule has 5 nitrogen and oxygen atoms in total. The fraction of sp³-hybridized carbons (Fsp3) is 0.412. The zero-order valence-corrected chi connectivity index (χ0v) is 13.1. The fourth-order valence-corrected chi connectivity index (χ4v) is 1.66. The lowest BCUT2D eigenvalue weighted by Gasteiger charge is -2.14. The van der Waals surface area contributed by atoms with E-state index >= 15 is 0 Å². The summed E-state index contributed by atoms with van der Waals surface area (Å²) >= 11 is 0. The molecular weight excluding hydrogens is 282 g/mol. The highest BCUT2D eigenvalue weighted by molar-refractivity contribution is 5.81. The molecule has 1 rings (SSSR count). The highest BCUT2D eigenvalue weighted by Gasteiger charge is 2.18. The Bertz CT molecular complexity index is 499. The van der Waals surface area contributed by atoms with Gasteiger partial charge < -0.3 is 14.8 Å². The fourth-order valence-electron chi connectivity index (χ4n) is 1.66. The average molecular weight is 305 g/mol. The van der Waals surface area contributed by atoms with Gasteiger partial charge in [0.1, 0.15) is 18.4 Å². The molecule has 0 aromatic heterocycles. The van der Waals surface area contributed by atoms with E-state index in [2.05, 4.69) is 11.9 Å². The van der Waals surface area contributed by atoms with Crippen LogP contribution < -0.4 is 5.32 Å². The Balaban J connectivity index is 2.30. The summed E-state index contributed by atoms with van der Waals surface area (Å²) in [6, 6.07) is 8.51. The smallest absolute Gasteiger partial charge is 0.408 e. The first-order chi connectivity index (χ1) is 10.5. The molecule has 5 heteroatoms. The molecule has 1 N–H and O–H groups in total. The number of benzene rings is 1. The lowest BCUT2D eigenvalue weighted by molar-refractivity contribution is -0.141. The van der Waals surface area contributed by atoms with Gasteiger partial charge in [0.15, 0.2) is 0 Å². The van der Waals surface area contributed by atoms with Gasteiger partial charge in [0.05, 0.1) is 0 Å². The molecule has 1 aromatic carbocycles. The van der Waals surface area contributed by atoms with E-state index in [1.165, 1.54) is 0 Å². The minimum Gasteiger partial charge on any atom is -0.445 e. The quantitative estimate of drug-likeness (QED) is 0.589. The van der Waals surface area contributed by atoms with Crippen molar-refractivity contribution in [1.82, 2.24) is 5.32 Å². The van der Waals surface area contributed by atoms with Gasteiger partial charge in [-0.1, -0.05) is 50.3 Å². The van der Waals surface area contributed by atoms with E-state index in [0.717, 1.165) is 18.4 Å². The van der Waals surface area contributed by atoms with Crippen molar-refractivity contribution in [3.05, 3.63) is 48.2 Å². The van der Waals surface area contributed by atoms with Crippen molar-refractivity contribution >= 4 is 12.1 Å². The Morgan fingerprint density at radius 2 is 1.95 bits per heavy atom. The van der Waals surface area contributed by atoms with Crippen molar-refractivity contribution in [3.8, 4) is 0 Å². The topological polar surface area (TPSA) is 64.6 Å². The van der Waals surface area contributed by atoms with Crippen LogP contribution in [0.25, 0.3) is 0 Å². The Labute approximate surface area is 131 Å². The minimum atomic E-state index is -0.790. The summed E-state index contributed by atoms with van der Waals surface area (Å²) in [5.74, 6) is -0.129. The lowest BCUT2D eigenvalue weighted by atomic mass is 10.2. The van der Waals surface area contributed by atoms with Gasteiger partial charge in [-0.15, -0.1) is 0 Å². The number of hydrogen-bond acceptors (Lipinski definition) is 4. The zero-order chi connectivity index (χ0) is 16.4. The Kier molecular flexibility index (Phi) is 7.75. The molecule has 1 aromatic rings. The summed E-state index contributed by atoms with van der Waals surface area (Å²) in [5, 5.41) is 2.43. The second kappa shape index (κ2) is 9.60. The van der Waals surface area contributed by atoms with Gasteiger partial charge in [0.2, 0.25) is 0 Å². The molecule has 0 aliphatic rings. The van der Waals surface area contributed by atoms with Crippen LogP contribution in [0, 0.1) is 0 Å². The third kappa shape index (κ3) is 6.92. The van der Waals surface area contributed by atoms with Crippen LogP contribution in [0.4, 0.5) is 4.79 Å². The first-order valence-corrected chi connectivity index (χ1v) is 7.39. The number of nitrogens with one attached hydrogen (secondary N) is 1. The molecule has 0 spiro atoms. The number of hydrogen-bond donors (Lipinski definition) is 1. The highest BCUT2D eigenvalue weighted by atomic mass is 16.6. The Hall–Kier alpha value is -2.30. The van der Waals surface area contributed by atoms with E-state index in [1.807, 2.05) is 37.3 Å². The molecule has 1 unspecified atom stereocenters. The number of rotatable bonds is 8. The van der Waals surface area contributed by atoms with Gasteiger partial charge in [-0.25, -0.2) is 9.59 Å². The van der Waals surface area contributed by atoms with E-state index in [9.17, 15) is 9.59 Å². The van der Waals surface area contributed by atoms with E-state index in [0.29, 0.717) is 12.2 Å². The molecule has 120 valence electrons. The van der Waals surface area contributed by atoms with Crippen LogP contribution in [0.2, 0.25) is 0 Å². The molecule has 0 saturated carbocycles. The second-order valence-corrected chi connectivity index (χ2v) is 4.99. The van der Waals surface area contributed by atoms with Gasteiger partial charge >= 0.3 is 12.1 Å². The molecular formula is C17H23NO4. The largest absolute Gasteiger partial charge is 0.445 e. The van der Waals surface area contributed by atoms with Crippen molar-refractivity contribution < 1.29 is 19.1 Å². The van der Waals surface area contributed by atoms with Crippen LogP contribution in [0.5, 0.6) is 0 Å². The van der Waals surface area contributed by atoms with Gasteiger partial charge in [0, 0.05) is 6.42 Å². The summed E-state index contributed by atoms with van der Waals surface area (Å²) < 4.78 is 10.1. The summed E-state index contributed by atoms with van der Waals surface area (Å²) in [6.07, 6.45) is 1.88. The number of unbranched alkanes of at least 4 members (excludes halogenated alkanes) is 1. The van der Waals surface area contributed by atoms with Crippen LogP contribution in [-0.2, 0) is 20.9 Å². The zero-order valence-electron chi connectivity index (χ0n) is 13.1. The summed E-state index contributed by atoms with van der Waals surface area (Å²) in [7, 11) is 0. The maximum atomic E-state index is 11.8. The van der Waals surface area contributed by atoms with Crippen LogP contribution >= 0.6 is 0 Å². The van der Waals surface area contributed by atoms with Gasteiger partial charge in [-0.05, 0) is 18.9 Å². The number of carbonyl (C=O) groups is 2. The number of alkyl carbamates (subject to hydrolysis) is 1. The van der Waals surface area contributed by atoms with Gasteiger partial charge in [-0.3, -0.25) is 0 Å². The first-order valence-electron chi connectivity index (χ1n) is 7.39. The van der Waals surface area contributed by atoms with Crippen molar-refractivity contribution in [2.45, 2.75) is 45.8 Å². The molecule has 0 fully saturated rings. The first kappa shape index (κ1) is 17.8. The molecule has 0 radical (unpaired) electrons. The molecule has 0 heterocycles. The molecule has 1 amide bonds. The van der Waals surface area contributed by atoms with Crippen LogP contribution in [0.15, 0.2) is 42.7 Å². The van der Waals surface area contributed by atoms with Crippen molar-refractivity contribution in [1.29, 1.82) is 0 Å². The third-order valence-corrected chi connectivity index (χ3v) is 2.95. The second-order valence-electron chi connectivity index (χ2n) is 4.99. The summed E-state index contributed by atoms with van der Waals surface area (Å²) in [4.78, 5) is 23.4. The number of allylic oxidation sites excluding steroid dienone is 1. The maximum absolute atomic E-state index is 11.8. The van der Waals surface area contributed by atoms with Crippen LogP contribution in [0.1, 0.15) is 38.7 Å². The van der Waals surface area contributed by atoms with Crippen molar-refractivity contribution in [2.75, 3.05) is 0 Å². The van der Waals surface area contributed by atoms with Gasteiger partial charge in [-0.2, -0.15) is 0 Å². The number of carbonyl (C=O) groups excluding carboxylic acids is 2. The predicted octanol–water partition coefficient (Wildman–Crippen LogP) is 3.55. The standard InChI is InChI=1S/C17H23NO4/c1-4-5-9-13(2)22-16(19)14(3)18-17(20)21-12-15-10-7-6-8-11-15/h6-8,10-11,14H,2,4-5,9,12H2,1,3H3,(H,18,20). The summed E-state index contributed by atoms with van der Waals surface area (Å²) in [6.45, 7) is 7.42. The molecule has 0 aliphatic carbocycles. The molecule has 0 saturated heterocycles. The Morgan fingerprint density at radius 1 is 1.27 bits per heavy atom. The minimum absolute atomic E-state index is 0.150. The number of esters is 1. The SMILES string of the molecule is C=C(CCCC)OC(=O)C(C)NC(=O)OCc1ccccc1. The predicted molar refractivity (Wildman–Crippen MR) is 84.0 cm³/mol. The number of amides is 1. The van der Waals surface area contributed by atoms with Crippen LogP contribution in [0.3, 0.4) is 0 Å². The monoisotopic (exact) mass is 305 g/mol. The third-order valence-electron chi connectivity index (χ3n) is 2.95. The van der Waals surface area contributed by atoms with Crippen molar-refractivity contribution in [2.24, 2.45) is 0 Å². The lowest BCUT2D eigenvalue weighted by Crippen LogP contribution is -2.39. The van der Waals surface area contributed by atoms with E-state index in [4.69, 9.17) is 9.47 Å². The molecule has 0 aliphatic heterocycles. The number of ether oxygens (including phenoxy) is 2. The van der Waals surface area contributed by atoms with E-state index < -0.39 is 18.1 Å². The van der Waals surface area contributed by atoms with E-state index in [1.54, 1.807) is 6.92 Å². The summed E-state index contributed by atoms with van der Waals surface area (Å²) in [5.41, 5.74) is 0.876. The molecule has 0 bridgehead atoms. The maximum Gasteiger partial charge on any atom is 0.408 e. The molecule has 1 atom stereocenters. The van der Waals surface area contributed by atoms with Crippen LogP contribution in [-0.4, -0.2) is 18.1 Å². The Morgan fingerprint density at radius 3 is 2.59 bits per heavy atom. The highest BCUT2D eigenvalue weighted by Crippen LogP contribution is 2.08. The molecule has 22 heavy (non-hydrogen) atoms. The average Bonchev–Trinajstić information content (AvgIpc) is 2.51. The van der Waals surface area contributed by atoms with Crippen molar-refractivity contribution in [3.63, 3.8) is 0 Å².